The van der Waals surface area contributed by atoms with Crippen LogP contribution in [0.15, 0.2) is 24.3 Å². The number of hydrogen-bond donors (Lipinski definition) is 2. The number of amides is 1. The highest BCUT2D eigenvalue weighted by Gasteiger charge is 2.06. The molecule has 0 aliphatic rings. The fourth-order valence-electron chi connectivity index (χ4n) is 2.05. The summed E-state index contributed by atoms with van der Waals surface area (Å²) in [4.78, 5) is 10.6. The maximum Gasteiger partial charge on any atom is 0.217 e. The minimum atomic E-state index is -0.229. The van der Waals surface area contributed by atoms with Crippen LogP contribution in [0.5, 0.6) is 0 Å². The van der Waals surface area contributed by atoms with Crippen LogP contribution in [-0.2, 0) is 11.2 Å². The van der Waals surface area contributed by atoms with Crippen molar-refractivity contribution >= 4 is 5.91 Å². The minimum Gasteiger partial charge on any atom is -0.370 e. The molecular weight excluding hydrogens is 224 g/mol. The van der Waals surface area contributed by atoms with E-state index in [0.29, 0.717) is 6.42 Å². The first kappa shape index (κ1) is 14.7. The SMILES string of the molecule is CCCc1ccc(C(N)CCCCC(N)=O)cc1. The van der Waals surface area contributed by atoms with Crippen LogP contribution < -0.4 is 11.5 Å². The third kappa shape index (κ3) is 5.32. The first-order valence-electron chi connectivity index (χ1n) is 6.76. The number of unbranched alkanes of at least 4 members (excludes halogenated alkanes) is 1. The molecule has 0 aliphatic heterocycles. The Bertz CT molecular complexity index is 359. The average molecular weight is 248 g/mol. The van der Waals surface area contributed by atoms with Gasteiger partial charge < -0.3 is 11.5 Å². The molecule has 0 saturated carbocycles. The molecule has 18 heavy (non-hydrogen) atoms. The Morgan fingerprint density at radius 3 is 2.44 bits per heavy atom. The molecule has 1 amide bonds. The van der Waals surface area contributed by atoms with Crippen LogP contribution in [0.1, 0.15) is 56.2 Å². The van der Waals surface area contributed by atoms with Gasteiger partial charge in [-0.15, -0.1) is 0 Å². The summed E-state index contributed by atoms with van der Waals surface area (Å²) in [6.45, 7) is 2.18. The van der Waals surface area contributed by atoms with E-state index in [2.05, 4.69) is 31.2 Å². The lowest BCUT2D eigenvalue weighted by atomic mass is 9.99. The molecule has 4 N–H and O–H groups in total. The van der Waals surface area contributed by atoms with E-state index in [9.17, 15) is 4.79 Å². The normalized spacial score (nSPS) is 12.3. The predicted molar refractivity (Wildman–Crippen MR) is 75.0 cm³/mol. The van der Waals surface area contributed by atoms with E-state index in [1.165, 1.54) is 17.5 Å². The second kappa shape index (κ2) is 7.88. The van der Waals surface area contributed by atoms with Crippen LogP contribution in [0, 0.1) is 0 Å². The predicted octanol–water partition coefficient (Wildman–Crippen LogP) is 2.68. The summed E-state index contributed by atoms with van der Waals surface area (Å²) in [6, 6.07) is 8.60. The molecule has 1 aromatic carbocycles. The van der Waals surface area contributed by atoms with E-state index >= 15 is 0 Å². The van der Waals surface area contributed by atoms with Gasteiger partial charge in [0, 0.05) is 12.5 Å². The van der Waals surface area contributed by atoms with E-state index in [1.54, 1.807) is 0 Å². The fraction of sp³-hybridized carbons (Fsp3) is 0.533. The number of carbonyl (C=O) groups excluding carboxylic acids is 1. The Morgan fingerprint density at radius 1 is 1.22 bits per heavy atom. The van der Waals surface area contributed by atoms with Crippen LogP contribution in [0.2, 0.25) is 0 Å². The van der Waals surface area contributed by atoms with Crippen molar-refractivity contribution in [3.63, 3.8) is 0 Å². The lowest BCUT2D eigenvalue weighted by molar-refractivity contribution is -0.118. The third-order valence-electron chi connectivity index (χ3n) is 3.13. The molecule has 1 rings (SSSR count). The Labute approximate surface area is 110 Å². The van der Waals surface area contributed by atoms with Gasteiger partial charge >= 0.3 is 0 Å². The Hall–Kier alpha value is -1.35. The van der Waals surface area contributed by atoms with Gasteiger partial charge in [-0.25, -0.2) is 0 Å². The van der Waals surface area contributed by atoms with Crippen LogP contribution in [0.4, 0.5) is 0 Å². The first-order valence-corrected chi connectivity index (χ1v) is 6.76. The largest absolute Gasteiger partial charge is 0.370 e. The highest BCUT2D eigenvalue weighted by molar-refractivity contribution is 5.73. The number of carbonyl (C=O) groups is 1. The molecule has 1 atom stereocenters. The summed E-state index contributed by atoms with van der Waals surface area (Å²) in [5.74, 6) is -0.229. The Balaban J connectivity index is 2.36. The quantitative estimate of drug-likeness (QED) is 0.694. The van der Waals surface area contributed by atoms with Crippen LogP contribution >= 0.6 is 0 Å². The minimum absolute atomic E-state index is 0.0635. The van der Waals surface area contributed by atoms with Crippen LogP contribution in [0.3, 0.4) is 0 Å². The summed E-state index contributed by atoms with van der Waals surface area (Å²) >= 11 is 0. The average Bonchev–Trinajstić information content (AvgIpc) is 2.35. The highest BCUT2D eigenvalue weighted by Crippen LogP contribution is 2.18. The van der Waals surface area contributed by atoms with Gasteiger partial charge in [0.2, 0.25) is 5.91 Å². The van der Waals surface area contributed by atoms with Gasteiger partial charge in [0.05, 0.1) is 0 Å². The summed E-state index contributed by atoms with van der Waals surface area (Å²) in [7, 11) is 0. The van der Waals surface area contributed by atoms with Gasteiger partial charge in [-0.2, -0.15) is 0 Å². The number of aryl methyl sites for hydroxylation is 1. The number of benzene rings is 1. The van der Waals surface area contributed by atoms with Crippen molar-refractivity contribution < 1.29 is 4.79 Å². The molecule has 0 spiro atoms. The van der Waals surface area contributed by atoms with Gasteiger partial charge in [-0.3, -0.25) is 4.79 Å². The summed E-state index contributed by atoms with van der Waals surface area (Å²) in [5, 5.41) is 0. The van der Waals surface area contributed by atoms with Crippen molar-refractivity contribution in [2.75, 3.05) is 0 Å². The maximum absolute atomic E-state index is 10.6. The monoisotopic (exact) mass is 248 g/mol. The lowest BCUT2D eigenvalue weighted by Gasteiger charge is -2.12. The molecular formula is C15H24N2O. The highest BCUT2D eigenvalue weighted by atomic mass is 16.1. The van der Waals surface area contributed by atoms with Crippen LogP contribution in [-0.4, -0.2) is 5.91 Å². The smallest absolute Gasteiger partial charge is 0.217 e. The zero-order valence-electron chi connectivity index (χ0n) is 11.2. The molecule has 3 nitrogen and oxygen atoms in total. The molecule has 1 unspecified atom stereocenters. The van der Waals surface area contributed by atoms with E-state index < -0.39 is 0 Å². The zero-order chi connectivity index (χ0) is 13.4. The van der Waals surface area contributed by atoms with Crippen molar-refractivity contribution in [1.82, 2.24) is 0 Å². The number of nitrogens with two attached hydrogens (primary N) is 2. The van der Waals surface area contributed by atoms with Gasteiger partial charge in [0.25, 0.3) is 0 Å². The molecule has 0 radical (unpaired) electrons. The number of rotatable bonds is 8. The number of hydrogen-bond acceptors (Lipinski definition) is 2. The summed E-state index contributed by atoms with van der Waals surface area (Å²) in [5.41, 5.74) is 13.8. The second-order valence-corrected chi connectivity index (χ2v) is 4.81. The fourth-order valence-corrected chi connectivity index (χ4v) is 2.05. The van der Waals surface area contributed by atoms with Gasteiger partial charge in [0.1, 0.15) is 0 Å². The zero-order valence-corrected chi connectivity index (χ0v) is 11.2. The van der Waals surface area contributed by atoms with Gasteiger partial charge in [-0.1, -0.05) is 44.0 Å². The molecule has 100 valence electrons. The van der Waals surface area contributed by atoms with E-state index in [4.69, 9.17) is 11.5 Å². The molecule has 0 saturated heterocycles. The third-order valence-corrected chi connectivity index (χ3v) is 3.13. The Morgan fingerprint density at radius 2 is 1.89 bits per heavy atom. The topological polar surface area (TPSA) is 69.1 Å². The molecule has 0 heterocycles. The summed E-state index contributed by atoms with van der Waals surface area (Å²) in [6.07, 6.45) is 5.42. The lowest BCUT2D eigenvalue weighted by Crippen LogP contribution is -2.12. The van der Waals surface area contributed by atoms with Crippen molar-refractivity contribution in [3.05, 3.63) is 35.4 Å². The molecule has 0 aliphatic carbocycles. The van der Waals surface area contributed by atoms with Crippen molar-refractivity contribution in [3.8, 4) is 0 Å². The second-order valence-electron chi connectivity index (χ2n) is 4.81. The molecule has 0 bridgehead atoms. The van der Waals surface area contributed by atoms with Crippen molar-refractivity contribution in [1.29, 1.82) is 0 Å². The van der Waals surface area contributed by atoms with E-state index in [0.717, 1.165) is 25.7 Å². The molecule has 0 fully saturated rings. The van der Waals surface area contributed by atoms with Crippen molar-refractivity contribution in [2.45, 2.75) is 51.5 Å². The first-order chi connectivity index (χ1) is 8.63. The van der Waals surface area contributed by atoms with E-state index in [-0.39, 0.29) is 11.9 Å². The molecule has 3 heteroatoms. The van der Waals surface area contributed by atoms with Gasteiger partial charge in [0.15, 0.2) is 0 Å². The van der Waals surface area contributed by atoms with Crippen LogP contribution in [0.25, 0.3) is 0 Å². The van der Waals surface area contributed by atoms with Gasteiger partial charge in [-0.05, 0) is 30.4 Å². The molecule has 1 aromatic rings. The standard InChI is InChI=1S/C15H24N2O/c1-2-5-12-8-10-13(11-9-12)14(16)6-3-4-7-15(17)18/h8-11,14H,2-7,16H2,1H3,(H2,17,18). The Kier molecular flexibility index (Phi) is 6.44. The van der Waals surface area contributed by atoms with Crippen molar-refractivity contribution in [2.24, 2.45) is 11.5 Å². The maximum atomic E-state index is 10.6. The summed E-state index contributed by atoms with van der Waals surface area (Å²) < 4.78 is 0. The number of primary amides is 1. The van der Waals surface area contributed by atoms with E-state index in [1.807, 2.05) is 0 Å². The molecule has 0 aromatic heterocycles.